The molecule has 6 nitrogen and oxygen atoms in total. The molecule has 0 spiro atoms. The molecule has 22 heavy (non-hydrogen) atoms. The van der Waals surface area contributed by atoms with E-state index in [1.165, 1.54) is 7.05 Å². The minimum absolute atomic E-state index is 0.0546. The second-order valence-corrected chi connectivity index (χ2v) is 5.28. The van der Waals surface area contributed by atoms with E-state index in [4.69, 9.17) is 0 Å². The first-order valence-corrected chi connectivity index (χ1v) is 7.43. The monoisotopic (exact) mass is 303 g/mol. The minimum atomic E-state index is -0.415. The summed E-state index contributed by atoms with van der Waals surface area (Å²) in [6, 6.07) is 7.72. The molecule has 1 heterocycles. The van der Waals surface area contributed by atoms with Crippen LogP contribution in [-0.4, -0.2) is 37.9 Å². The van der Waals surface area contributed by atoms with Crippen LogP contribution in [0, 0.1) is 5.92 Å². The zero-order valence-electron chi connectivity index (χ0n) is 12.9. The third kappa shape index (κ3) is 3.44. The number of aryl methyl sites for hydroxylation is 1. The molecule has 1 saturated heterocycles. The van der Waals surface area contributed by atoms with Crippen LogP contribution < -0.4 is 15.5 Å². The maximum atomic E-state index is 12.2. The van der Waals surface area contributed by atoms with Gasteiger partial charge in [-0.1, -0.05) is 25.1 Å². The Morgan fingerprint density at radius 3 is 2.73 bits per heavy atom. The molecule has 2 rings (SSSR count). The second kappa shape index (κ2) is 7.06. The van der Waals surface area contributed by atoms with Gasteiger partial charge in [0.05, 0.1) is 12.5 Å². The van der Waals surface area contributed by atoms with Crippen LogP contribution in [0.3, 0.4) is 0 Å². The molecule has 3 amide bonds. The molecule has 6 heteroatoms. The van der Waals surface area contributed by atoms with Crippen molar-refractivity contribution in [1.82, 2.24) is 10.6 Å². The summed E-state index contributed by atoms with van der Waals surface area (Å²) < 4.78 is 0. The Morgan fingerprint density at radius 2 is 2.05 bits per heavy atom. The van der Waals surface area contributed by atoms with Crippen LogP contribution in [0.25, 0.3) is 0 Å². The number of likely N-dealkylation sites (N-methyl/N-ethyl adjacent to an activating group) is 1. The molecule has 118 valence electrons. The lowest BCUT2D eigenvalue weighted by Crippen LogP contribution is -2.39. The smallest absolute Gasteiger partial charge is 0.239 e. The van der Waals surface area contributed by atoms with Crippen molar-refractivity contribution < 1.29 is 14.4 Å². The summed E-state index contributed by atoms with van der Waals surface area (Å²) >= 11 is 0. The summed E-state index contributed by atoms with van der Waals surface area (Å²) in [6.45, 7) is 2.33. The Labute approximate surface area is 129 Å². The van der Waals surface area contributed by atoms with Crippen molar-refractivity contribution in [3.8, 4) is 0 Å². The van der Waals surface area contributed by atoms with Gasteiger partial charge in [0.1, 0.15) is 0 Å². The number of anilines is 1. The fourth-order valence-electron chi connectivity index (χ4n) is 2.59. The summed E-state index contributed by atoms with van der Waals surface area (Å²) in [6.07, 6.45) is 1.01. The molecule has 0 saturated carbocycles. The normalized spacial score (nSPS) is 17.5. The predicted octanol–water partition coefficient (Wildman–Crippen LogP) is 0.464. The number of carbonyl (C=O) groups excluding carboxylic acids is 3. The van der Waals surface area contributed by atoms with Crippen LogP contribution in [0.1, 0.15) is 18.9 Å². The van der Waals surface area contributed by atoms with Crippen molar-refractivity contribution in [3.05, 3.63) is 29.8 Å². The van der Waals surface area contributed by atoms with Gasteiger partial charge in [0.25, 0.3) is 0 Å². The van der Waals surface area contributed by atoms with E-state index in [0.717, 1.165) is 17.7 Å². The van der Waals surface area contributed by atoms with E-state index in [1.54, 1.807) is 4.90 Å². The van der Waals surface area contributed by atoms with E-state index in [9.17, 15) is 14.4 Å². The lowest BCUT2D eigenvalue weighted by Gasteiger charge is -2.19. The zero-order chi connectivity index (χ0) is 16.1. The van der Waals surface area contributed by atoms with E-state index in [2.05, 4.69) is 10.6 Å². The molecule has 0 bridgehead atoms. The minimum Gasteiger partial charge on any atom is -0.358 e. The number of nitrogens with zero attached hydrogens (tertiary/aromatic N) is 1. The van der Waals surface area contributed by atoms with E-state index >= 15 is 0 Å². The number of para-hydroxylation sites is 1. The molecular formula is C16H21N3O3. The number of amides is 3. The molecule has 0 radical (unpaired) electrons. The van der Waals surface area contributed by atoms with Gasteiger partial charge in [-0.05, 0) is 18.1 Å². The van der Waals surface area contributed by atoms with Gasteiger partial charge in [0.2, 0.25) is 17.7 Å². The molecule has 1 unspecified atom stereocenters. The van der Waals surface area contributed by atoms with Gasteiger partial charge in [-0.2, -0.15) is 0 Å². The topological polar surface area (TPSA) is 78.5 Å². The van der Waals surface area contributed by atoms with E-state index in [0.29, 0.717) is 6.54 Å². The molecule has 1 aromatic rings. The van der Waals surface area contributed by atoms with Gasteiger partial charge in [-0.3, -0.25) is 14.4 Å². The summed E-state index contributed by atoms with van der Waals surface area (Å²) in [7, 11) is 1.51. The highest BCUT2D eigenvalue weighted by molar-refractivity contribution is 6.01. The van der Waals surface area contributed by atoms with Crippen molar-refractivity contribution in [2.45, 2.75) is 19.8 Å². The zero-order valence-corrected chi connectivity index (χ0v) is 12.9. The molecular weight excluding hydrogens is 282 g/mol. The lowest BCUT2D eigenvalue weighted by atomic mass is 10.1. The fraction of sp³-hybridized carbons (Fsp3) is 0.438. The first-order chi connectivity index (χ1) is 10.6. The second-order valence-electron chi connectivity index (χ2n) is 5.28. The summed E-state index contributed by atoms with van der Waals surface area (Å²) in [5.74, 6) is -0.984. The molecule has 0 aliphatic carbocycles. The molecule has 1 aromatic carbocycles. The molecule has 1 fully saturated rings. The standard InChI is InChI=1S/C16H21N3O3/c1-3-11-6-4-5-7-13(11)19-10-12(8-15(19)21)16(22)18-9-14(20)17-2/h4-7,12H,3,8-10H2,1-2H3,(H,17,20)(H,18,22). The van der Waals surface area contributed by atoms with Gasteiger partial charge in [-0.25, -0.2) is 0 Å². The quantitative estimate of drug-likeness (QED) is 0.829. The van der Waals surface area contributed by atoms with Crippen LogP contribution in [-0.2, 0) is 20.8 Å². The first-order valence-electron chi connectivity index (χ1n) is 7.43. The van der Waals surface area contributed by atoms with Crippen LogP contribution in [0.2, 0.25) is 0 Å². The van der Waals surface area contributed by atoms with Crippen LogP contribution in [0.15, 0.2) is 24.3 Å². The number of benzene rings is 1. The van der Waals surface area contributed by atoms with Gasteiger partial charge in [-0.15, -0.1) is 0 Å². The molecule has 1 aliphatic rings. The van der Waals surface area contributed by atoms with E-state index in [1.807, 2.05) is 31.2 Å². The Balaban J connectivity index is 2.04. The molecule has 1 aliphatic heterocycles. The lowest BCUT2D eigenvalue weighted by molar-refractivity contribution is -0.128. The summed E-state index contributed by atoms with van der Waals surface area (Å²) in [5, 5.41) is 5.00. The Morgan fingerprint density at radius 1 is 1.32 bits per heavy atom. The number of rotatable bonds is 5. The van der Waals surface area contributed by atoms with Crippen molar-refractivity contribution >= 4 is 23.4 Å². The Hall–Kier alpha value is -2.37. The predicted molar refractivity (Wildman–Crippen MR) is 83.4 cm³/mol. The fourth-order valence-corrected chi connectivity index (χ4v) is 2.59. The largest absolute Gasteiger partial charge is 0.358 e. The van der Waals surface area contributed by atoms with Crippen LogP contribution in [0.4, 0.5) is 5.69 Å². The van der Waals surface area contributed by atoms with Gasteiger partial charge in [0, 0.05) is 25.7 Å². The SMILES string of the molecule is CCc1ccccc1N1CC(C(=O)NCC(=O)NC)CC1=O. The van der Waals surface area contributed by atoms with Crippen molar-refractivity contribution in [1.29, 1.82) is 0 Å². The average molecular weight is 303 g/mol. The average Bonchev–Trinajstić information content (AvgIpc) is 2.93. The third-order valence-corrected chi connectivity index (χ3v) is 3.86. The van der Waals surface area contributed by atoms with E-state index in [-0.39, 0.29) is 30.7 Å². The Kier molecular flexibility index (Phi) is 5.14. The van der Waals surface area contributed by atoms with Crippen molar-refractivity contribution in [3.63, 3.8) is 0 Å². The van der Waals surface area contributed by atoms with Gasteiger partial charge >= 0.3 is 0 Å². The van der Waals surface area contributed by atoms with Crippen LogP contribution in [0.5, 0.6) is 0 Å². The van der Waals surface area contributed by atoms with Crippen LogP contribution >= 0.6 is 0 Å². The number of hydrogen-bond donors (Lipinski definition) is 2. The summed E-state index contributed by atoms with van der Waals surface area (Å²) in [5.41, 5.74) is 1.96. The number of nitrogens with one attached hydrogen (secondary N) is 2. The maximum absolute atomic E-state index is 12.2. The van der Waals surface area contributed by atoms with Crippen molar-refractivity contribution in [2.75, 3.05) is 25.0 Å². The number of carbonyl (C=O) groups is 3. The highest BCUT2D eigenvalue weighted by Gasteiger charge is 2.35. The number of hydrogen-bond acceptors (Lipinski definition) is 3. The van der Waals surface area contributed by atoms with Gasteiger partial charge < -0.3 is 15.5 Å². The first kappa shape index (κ1) is 16.0. The Bertz CT molecular complexity index is 586. The highest BCUT2D eigenvalue weighted by Crippen LogP contribution is 2.28. The molecule has 0 aromatic heterocycles. The highest BCUT2D eigenvalue weighted by atomic mass is 16.2. The molecule has 2 N–H and O–H groups in total. The third-order valence-electron chi connectivity index (χ3n) is 3.86. The summed E-state index contributed by atoms with van der Waals surface area (Å²) in [4.78, 5) is 37.1. The van der Waals surface area contributed by atoms with E-state index < -0.39 is 5.92 Å². The molecule has 1 atom stereocenters. The van der Waals surface area contributed by atoms with Crippen molar-refractivity contribution in [2.24, 2.45) is 5.92 Å². The van der Waals surface area contributed by atoms with Gasteiger partial charge in [0.15, 0.2) is 0 Å². The maximum Gasteiger partial charge on any atom is 0.239 e.